The Morgan fingerprint density at radius 2 is 2.35 bits per heavy atom. The number of aliphatic carboxylic acids is 1. The van der Waals surface area contributed by atoms with Gasteiger partial charge in [0.25, 0.3) is 0 Å². The minimum atomic E-state index is -3.15. The Morgan fingerprint density at radius 3 is 2.90 bits per heavy atom. The second-order valence-electron chi connectivity index (χ2n) is 4.96. The van der Waals surface area contributed by atoms with Crippen LogP contribution in [0.4, 0.5) is 0 Å². The Hall–Kier alpha value is -0.630. The topological polar surface area (TPSA) is 74.7 Å². The van der Waals surface area contributed by atoms with Gasteiger partial charge in [-0.15, -0.1) is 11.3 Å². The summed E-state index contributed by atoms with van der Waals surface area (Å²) in [6.07, 6.45) is -0.165. The Labute approximate surface area is 127 Å². The lowest BCUT2D eigenvalue weighted by Crippen LogP contribution is -2.50. The number of nitrogens with zero attached hydrogens (tertiary/aromatic N) is 1. The first-order chi connectivity index (χ1) is 9.28. The first kappa shape index (κ1) is 15.8. The number of carboxylic acids is 1. The van der Waals surface area contributed by atoms with Gasteiger partial charge in [0.2, 0.25) is 0 Å². The number of carboxylic acid groups (broad SMARTS) is 1. The van der Waals surface area contributed by atoms with E-state index in [9.17, 15) is 13.2 Å². The van der Waals surface area contributed by atoms with Gasteiger partial charge in [-0.05, 0) is 23.9 Å². The van der Waals surface area contributed by atoms with Gasteiger partial charge in [-0.25, -0.2) is 8.42 Å². The lowest BCUT2D eigenvalue weighted by Gasteiger charge is -2.38. The highest BCUT2D eigenvalue weighted by Crippen LogP contribution is 2.31. The highest BCUT2D eigenvalue weighted by molar-refractivity contribution is 7.91. The standard InChI is InChI=1S/C12H16ClNO4S2/c1-8(9-4-11(13)19-6-9)14-2-3-20(17,18)7-10(14)5-12(15)16/h4,6,8,10H,2-3,5,7H2,1H3,(H,15,16). The molecule has 0 amide bonds. The number of sulfone groups is 1. The van der Waals surface area contributed by atoms with Gasteiger partial charge in [0, 0.05) is 18.6 Å². The fraction of sp³-hybridized carbons (Fsp3) is 0.583. The van der Waals surface area contributed by atoms with Crippen LogP contribution in [0.5, 0.6) is 0 Å². The zero-order valence-electron chi connectivity index (χ0n) is 11.0. The van der Waals surface area contributed by atoms with Crippen molar-refractivity contribution in [3.63, 3.8) is 0 Å². The van der Waals surface area contributed by atoms with Gasteiger partial charge >= 0.3 is 5.97 Å². The Bertz CT molecular complexity index is 598. The van der Waals surface area contributed by atoms with E-state index < -0.39 is 21.8 Å². The largest absolute Gasteiger partial charge is 0.481 e. The van der Waals surface area contributed by atoms with E-state index in [1.54, 1.807) is 0 Å². The summed E-state index contributed by atoms with van der Waals surface area (Å²) < 4.78 is 24.1. The molecule has 1 aliphatic rings. The number of halogens is 1. The molecule has 0 radical (unpaired) electrons. The van der Waals surface area contributed by atoms with Gasteiger partial charge < -0.3 is 5.11 Å². The molecule has 5 nitrogen and oxygen atoms in total. The summed E-state index contributed by atoms with van der Waals surface area (Å²) >= 11 is 7.34. The lowest BCUT2D eigenvalue weighted by atomic mass is 10.1. The van der Waals surface area contributed by atoms with Crippen molar-refractivity contribution in [1.82, 2.24) is 4.90 Å². The molecule has 1 saturated heterocycles. The molecule has 0 saturated carbocycles. The van der Waals surface area contributed by atoms with Crippen molar-refractivity contribution in [3.8, 4) is 0 Å². The first-order valence-electron chi connectivity index (χ1n) is 6.20. The third kappa shape index (κ3) is 3.72. The van der Waals surface area contributed by atoms with E-state index in [0.29, 0.717) is 10.9 Å². The van der Waals surface area contributed by atoms with Gasteiger partial charge in [0.05, 0.1) is 22.3 Å². The van der Waals surface area contributed by atoms with E-state index in [1.807, 2.05) is 23.3 Å². The summed E-state index contributed by atoms with van der Waals surface area (Å²) in [5.74, 6) is -1.00. The zero-order valence-corrected chi connectivity index (χ0v) is 13.3. The Morgan fingerprint density at radius 1 is 1.65 bits per heavy atom. The predicted molar refractivity (Wildman–Crippen MR) is 79.1 cm³/mol. The highest BCUT2D eigenvalue weighted by Gasteiger charge is 2.35. The molecule has 1 aromatic heterocycles. The van der Waals surface area contributed by atoms with Crippen LogP contribution in [0.1, 0.15) is 24.9 Å². The van der Waals surface area contributed by atoms with Crippen LogP contribution in [0.3, 0.4) is 0 Å². The number of carbonyl (C=O) groups is 1. The van der Waals surface area contributed by atoms with Crippen LogP contribution >= 0.6 is 22.9 Å². The molecule has 1 N–H and O–H groups in total. The fourth-order valence-electron chi connectivity index (χ4n) is 2.52. The molecule has 1 aliphatic heterocycles. The van der Waals surface area contributed by atoms with Gasteiger partial charge in [-0.2, -0.15) is 0 Å². The molecule has 20 heavy (non-hydrogen) atoms. The molecule has 2 rings (SSSR count). The molecule has 0 aliphatic carbocycles. The minimum absolute atomic E-state index is 0.0430. The number of thiophene rings is 1. The smallest absolute Gasteiger partial charge is 0.304 e. The molecule has 0 bridgehead atoms. The van der Waals surface area contributed by atoms with E-state index in [4.69, 9.17) is 16.7 Å². The molecule has 1 fully saturated rings. The lowest BCUT2D eigenvalue weighted by molar-refractivity contribution is -0.138. The summed E-state index contributed by atoms with van der Waals surface area (Å²) in [6.45, 7) is 2.31. The third-order valence-corrected chi connectivity index (χ3v) is 6.36. The van der Waals surface area contributed by atoms with Gasteiger partial charge in [-0.3, -0.25) is 9.69 Å². The SMILES string of the molecule is CC(c1csc(Cl)c1)N1CCS(=O)(=O)CC1CC(=O)O. The van der Waals surface area contributed by atoms with Crippen molar-refractivity contribution in [1.29, 1.82) is 0 Å². The maximum Gasteiger partial charge on any atom is 0.304 e. The molecule has 2 unspecified atom stereocenters. The molecule has 0 aromatic carbocycles. The maximum atomic E-state index is 11.7. The number of hydrogen-bond acceptors (Lipinski definition) is 5. The quantitative estimate of drug-likeness (QED) is 0.910. The van der Waals surface area contributed by atoms with Crippen molar-refractivity contribution < 1.29 is 18.3 Å². The molecule has 8 heteroatoms. The third-order valence-electron chi connectivity index (χ3n) is 3.55. The van der Waals surface area contributed by atoms with Crippen molar-refractivity contribution in [2.24, 2.45) is 0 Å². The van der Waals surface area contributed by atoms with Crippen LogP contribution in [0.25, 0.3) is 0 Å². The Balaban J connectivity index is 2.21. The first-order valence-corrected chi connectivity index (χ1v) is 9.28. The van der Waals surface area contributed by atoms with E-state index in [-0.39, 0.29) is 24.0 Å². The normalized spacial score (nSPS) is 24.4. The van der Waals surface area contributed by atoms with Crippen LogP contribution in [0.15, 0.2) is 11.4 Å². The molecule has 0 spiro atoms. The molecular weight excluding hydrogens is 322 g/mol. The van der Waals surface area contributed by atoms with E-state index in [2.05, 4.69) is 0 Å². The van der Waals surface area contributed by atoms with Crippen LogP contribution < -0.4 is 0 Å². The van der Waals surface area contributed by atoms with Gasteiger partial charge in [0.1, 0.15) is 0 Å². The average molecular weight is 338 g/mol. The summed E-state index contributed by atoms with van der Waals surface area (Å²) in [5, 5.41) is 10.9. The van der Waals surface area contributed by atoms with Gasteiger partial charge in [-0.1, -0.05) is 11.6 Å². The van der Waals surface area contributed by atoms with Gasteiger partial charge in [0.15, 0.2) is 9.84 Å². The molecular formula is C12H16ClNO4S2. The summed E-state index contributed by atoms with van der Waals surface area (Å²) in [5.41, 5.74) is 0.995. The second kappa shape index (κ2) is 6.01. The van der Waals surface area contributed by atoms with Crippen molar-refractivity contribution in [2.75, 3.05) is 18.1 Å². The van der Waals surface area contributed by atoms with Crippen molar-refractivity contribution in [2.45, 2.75) is 25.4 Å². The minimum Gasteiger partial charge on any atom is -0.481 e. The highest BCUT2D eigenvalue weighted by atomic mass is 35.5. The van der Waals surface area contributed by atoms with Crippen LogP contribution in [-0.4, -0.2) is 48.5 Å². The van der Waals surface area contributed by atoms with Crippen LogP contribution in [0.2, 0.25) is 4.34 Å². The van der Waals surface area contributed by atoms with Crippen molar-refractivity contribution >= 4 is 38.7 Å². The summed E-state index contributed by atoms with van der Waals surface area (Å²) in [7, 11) is -3.15. The van der Waals surface area contributed by atoms with Crippen LogP contribution in [0, 0.1) is 0 Å². The number of hydrogen-bond donors (Lipinski definition) is 1. The second-order valence-corrected chi connectivity index (χ2v) is 8.74. The zero-order chi connectivity index (χ0) is 14.9. The van der Waals surface area contributed by atoms with E-state index in [0.717, 1.165) is 5.56 Å². The number of rotatable bonds is 4. The summed E-state index contributed by atoms with van der Waals surface area (Å²) in [6, 6.07) is 1.32. The van der Waals surface area contributed by atoms with E-state index in [1.165, 1.54) is 11.3 Å². The fourth-order valence-corrected chi connectivity index (χ4v) is 5.05. The average Bonchev–Trinajstić information content (AvgIpc) is 2.73. The molecule has 2 atom stereocenters. The molecule has 1 aromatic rings. The monoisotopic (exact) mass is 337 g/mol. The Kier molecular flexibility index (Phi) is 4.73. The van der Waals surface area contributed by atoms with E-state index >= 15 is 0 Å². The summed E-state index contributed by atoms with van der Waals surface area (Å²) in [4.78, 5) is 12.9. The van der Waals surface area contributed by atoms with Crippen LogP contribution in [-0.2, 0) is 14.6 Å². The molecule has 112 valence electrons. The van der Waals surface area contributed by atoms with Crippen molar-refractivity contribution in [3.05, 3.63) is 21.3 Å². The maximum absolute atomic E-state index is 11.7. The molecule has 2 heterocycles. The predicted octanol–water partition coefficient (Wildman–Crippen LogP) is 2.04.